The number of aliphatic hydroxyl groups is 2. The van der Waals surface area contributed by atoms with Gasteiger partial charge in [0.05, 0.1) is 6.10 Å². The van der Waals surface area contributed by atoms with E-state index >= 15 is 0 Å². The van der Waals surface area contributed by atoms with Gasteiger partial charge < -0.3 is 0 Å². The van der Waals surface area contributed by atoms with Crippen molar-refractivity contribution in [2.45, 2.75) is 57.8 Å². The first-order valence-electron chi connectivity index (χ1n) is 11.3. The Morgan fingerprint density at radius 3 is 2.56 bits per heavy atom. The normalized spacial score (nSPS) is 26.4. The van der Waals surface area contributed by atoms with Crippen LogP contribution >= 0.6 is 7.60 Å². The van der Waals surface area contributed by atoms with Gasteiger partial charge in [-0.15, -0.1) is 0 Å². The third kappa shape index (κ3) is 6.83. The molecule has 2 N–H and O–H groups in total. The van der Waals surface area contributed by atoms with E-state index in [4.69, 9.17) is 18.5 Å². The Morgan fingerprint density at radius 1 is 1.28 bits per heavy atom. The molecular weight excluding hydrogens is 558 g/mol. The van der Waals surface area contributed by atoms with Gasteiger partial charge in [0.1, 0.15) is 0 Å². The van der Waals surface area contributed by atoms with E-state index in [2.05, 4.69) is 21.0 Å². The van der Waals surface area contributed by atoms with E-state index in [1.165, 1.54) is 23.8 Å². The van der Waals surface area contributed by atoms with Crippen molar-refractivity contribution >= 4 is 34.3 Å². The molecule has 2 unspecified atom stereocenters. The van der Waals surface area contributed by atoms with Crippen LogP contribution in [0.3, 0.4) is 0 Å². The van der Waals surface area contributed by atoms with Crippen LogP contribution in [0, 0.1) is 5.92 Å². The van der Waals surface area contributed by atoms with Crippen molar-refractivity contribution in [3.05, 3.63) is 52.9 Å². The van der Waals surface area contributed by atoms with Crippen molar-refractivity contribution in [1.29, 1.82) is 0 Å². The molecule has 0 spiro atoms. The number of esters is 1. The minimum atomic E-state index is -3.96. The second kappa shape index (κ2) is 11.6. The van der Waals surface area contributed by atoms with Crippen molar-refractivity contribution < 1.29 is 38.1 Å². The Labute approximate surface area is 217 Å². The van der Waals surface area contributed by atoms with Crippen LogP contribution in [0.1, 0.15) is 33.9 Å². The van der Waals surface area contributed by atoms with Gasteiger partial charge in [-0.05, 0) is 13.8 Å². The van der Waals surface area contributed by atoms with Gasteiger partial charge in [0.25, 0.3) is 0 Å². The van der Waals surface area contributed by atoms with Gasteiger partial charge in [-0.25, -0.2) is 0 Å². The van der Waals surface area contributed by atoms with E-state index in [9.17, 15) is 24.4 Å². The molecule has 1 saturated heterocycles. The van der Waals surface area contributed by atoms with Crippen LogP contribution in [-0.2, 0) is 23.4 Å². The van der Waals surface area contributed by atoms with Crippen LogP contribution in [0.2, 0.25) is 0 Å². The molecule has 1 radical (unpaired) electrons. The van der Waals surface area contributed by atoms with Crippen LogP contribution in [0.5, 0.6) is 5.75 Å². The first-order chi connectivity index (χ1) is 16.8. The average Bonchev–Trinajstić information content (AvgIpc) is 3.01. The molecule has 1 aromatic carbocycles. The molecule has 0 bridgehead atoms. The molecule has 6 atom stereocenters. The number of rotatable bonds is 10. The second-order valence-electron chi connectivity index (χ2n) is 9.03. The van der Waals surface area contributed by atoms with Crippen molar-refractivity contribution in [1.82, 2.24) is 9.55 Å². The second-order valence-corrected chi connectivity index (χ2v) is 11.8. The van der Waals surface area contributed by atoms with E-state index in [1.54, 1.807) is 51.1 Å². The van der Waals surface area contributed by atoms with Gasteiger partial charge in [-0.3, -0.25) is 0 Å². The SMILES string of the molecule is CC(C)OC(=O)[C@H](C)CP(=O)(OC[C@H]1O[C@@H](n2ccc(=O)nc2[Se])[C@](C)(O)C1O)Oc1ccccc1. The summed E-state index contributed by atoms with van der Waals surface area (Å²) in [6.45, 7) is 5.92. The monoisotopic (exact) mass is 589 g/mol. The molecule has 36 heavy (non-hydrogen) atoms. The Bertz CT molecular complexity index is 1160. The number of hydrogen-bond acceptors (Lipinski definition) is 10. The molecule has 2 heterocycles. The number of carbonyl (C=O) groups is 1. The van der Waals surface area contributed by atoms with Crippen molar-refractivity contribution in [2.75, 3.05) is 12.8 Å². The number of carbonyl (C=O) groups excluding carboxylic acids is 1. The van der Waals surface area contributed by atoms with Gasteiger partial charge in [-0.1, -0.05) is 6.07 Å². The summed E-state index contributed by atoms with van der Waals surface area (Å²) in [6, 6.07) is 9.53. The molecule has 1 aromatic heterocycles. The van der Waals surface area contributed by atoms with Crippen LogP contribution in [0.15, 0.2) is 47.4 Å². The summed E-state index contributed by atoms with van der Waals surface area (Å²) in [5.74, 6) is -1.09. The Morgan fingerprint density at radius 2 is 1.94 bits per heavy atom. The van der Waals surface area contributed by atoms with Crippen molar-refractivity contribution in [2.24, 2.45) is 5.92 Å². The van der Waals surface area contributed by atoms with Gasteiger partial charge in [0.2, 0.25) is 0 Å². The average molecular weight is 588 g/mol. The van der Waals surface area contributed by atoms with Gasteiger partial charge >= 0.3 is 191 Å². The summed E-state index contributed by atoms with van der Waals surface area (Å²) < 4.78 is 37.7. The number of aromatic nitrogens is 2. The zero-order valence-corrected chi connectivity index (χ0v) is 23.0. The molecule has 2 aromatic rings. The fourth-order valence-corrected chi connectivity index (χ4v) is 6.04. The van der Waals surface area contributed by atoms with Crippen LogP contribution in [-0.4, -0.2) is 78.4 Å². The van der Waals surface area contributed by atoms with Crippen LogP contribution in [0.25, 0.3) is 0 Å². The summed E-state index contributed by atoms with van der Waals surface area (Å²) in [6.07, 6.45) is -2.95. The maximum absolute atomic E-state index is 13.7. The summed E-state index contributed by atoms with van der Waals surface area (Å²) in [7, 11) is -3.96. The summed E-state index contributed by atoms with van der Waals surface area (Å²) in [5, 5.41) is 21.8. The van der Waals surface area contributed by atoms with E-state index in [-0.39, 0.29) is 22.7 Å². The van der Waals surface area contributed by atoms with Crippen LogP contribution in [0.4, 0.5) is 0 Å². The quantitative estimate of drug-likeness (QED) is 0.234. The molecule has 1 aliphatic rings. The van der Waals surface area contributed by atoms with Crippen LogP contribution < -0.4 is 14.8 Å². The summed E-state index contributed by atoms with van der Waals surface area (Å²) in [5.41, 5.74) is -2.29. The number of benzene rings is 1. The zero-order chi connectivity index (χ0) is 26.7. The third-order valence-electron chi connectivity index (χ3n) is 5.49. The Balaban J connectivity index is 1.79. The zero-order valence-electron chi connectivity index (χ0n) is 20.3. The number of para-hydroxylation sites is 1. The van der Waals surface area contributed by atoms with Gasteiger partial charge in [0.15, 0.2) is 0 Å². The van der Waals surface area contributed by atoms with Gasteiger partial charge in [-0.2, -0.15) is 0 Å². The molecular formula is C23H30N2O9PSe. The summed E-state index contributed by atoms with van der Waals surface area (Å²) in [4.78, 5) is 27.6. The molecule has 0 saturated carbocycles. The number of nitrogens with zero attached hydrogens (tertiary/aromatic N) is 2. The first kappa shape index (κ1) is 28.5. The topological polar surface area (TPSA) is 146 Å². The first-order valence-corrected chi connectivity index (χ1v) is 13.9. The molecule has 0 aliphatic carbocycles. The fourth-order valence-electron chi connectivity index (χ4n) is 3.66. The predicted molar refractivity (Wildman–Crippen MR) is 130 cm³/mol. The predicted octanol–water partition coefficient (Wildman–Crippen LogP) is 0.923. The molecule has 1 fully saturated rings. The molecule has 0 amide bonds. The number of ether oxygens (including phenoxy) is 2. The molecule has 13 heteroatoms. The number of hydrogen-bond donors (Lipinski definition) is 2. The maximum atomic E-state index is 13.7. The van der Waals surface area contributed by atoms with Crippen molar-refractivity contribution in [3.63, 3.8) is 0 Å². The Hall–Kier alpha value is -2.04. The Kier molecular flexibility index (Phi) is 9.16. The van der Waals surface area contributed by atoms with E-state index in [0.717, 1.165) is 0 Å². The standard InChI is InChI=1S/C23H30N2O9PSe/c1-14(2)32-20(28)15(3)13-35(30,34-16-8-6-5-7-9-16)31-12-17-19(27)23(4,29)21(33-17)25-11-10-18(26)24-22(25)36/h5-11,14-15,17,19,21,27,29H,12-13H2,1-4H3/t15-,17-,19?,21-,23-,35?/m1/s1. The third-order valence-corrected chi connectivity index (χ3v) is 8.15. The summed E-state index contributed by atoms with van der Waals surface area (Å²) >= 11 is 2.62. The van der Waals surface area contributed by atoms with Gasteiger partial charge in [0, 0.05) is 0 Å². The van der Waals surface area contributed by atoms with E-state index in [1.807, 2.05) is 0 Å². The molecule has 1 aliphatic heterocycles. The molecule has 11 nitrogen and oxygen atoms in total. The van der Waals surface area contributed by atoms with E-state index < -0.39 is 55.7 Å². The van der Waals surface area contributed by atoms with E-state index in [0.29, 0.717) is 0 Å². The number of aliphatic hydroxyl groups excluding tert-OH is 1. The fraction of sp³-hybridized carbons (Fsp3) is 0.522. The van der Waals surface area contributed by atoms with Crippen molar-refractivity contribution in [3.8, 4) is 5.75 Å². The molecule has 197 valence electrons. The minimum absolute atomic E-state index is 0.150. The molecule has 3 rings (SSSR count).